The Morgan fingerprint density at radius 1 is 1.53 bits per heavy atom. The predicted octanol–water partition coefficient (Wildman–Crippen LogP) is 0.789. The Bertz CT molecular complexity index is 479. The average molecular weight is 233 g/mol. The normalized spacial score (nSPS) is 9.18. The molecule has 0 aliphatic carbocycles. The second-order valence-electron chi connectivity index (χ2n) is 3.27. The number of nitrogens with zero attached hydrogens (tertiary/aromatic N) is 2. The van der Waals surface area contributed by atoms with Gasteiger partial charge < -0.3 is 15.3 Å². The van der Waals surface area contributed by atoms with Gasteiger partial charge in [0, 0.05) is 12.7 Å². The molecule has 6 nitrogen and oxygen atoms in total. The fourth-order valence-electron chi connectivity index (χ4n) is 1.20. The molecule has 0 unspecified atom stereocenters. The molecule has 0 atom stereocenters. The van der Waals surface area contributed by atoms with E-state index in [1.165, 1.54) is 11.9 Å². The van der Waals surface area contributed by atoms with Crippen molar-refractivity contribution >= 4 is 17.7 Å². The number of anilines is 1. The third kappa shape index (κ3) is 3.50. The Balaban J connectivity index is 2.75. The number of hydrogen-bond acceptors (Lipinski definition) is 3. The second kappa shape index (κ2) is 5.51. The molecular weight excluding hydrogens is 222 g/mol. The van der Waals surface area contributed by atoms with Crippen LogP contribution in [0, 0.1) is 11.3 Å². The van der Waals surface area contributed by atoms with E-state index in [-0.39, 0.29) is 6.54 Å². The smallest absolute Gasteiger partial charge is 0.405 e. The van der Waals surface area contributed by atoms with Gasteiger partial charge in [-0.3, -0.25) is 4.79 Å². The fraction of sp³-hybridized carbons (Fsp3) is 0.182. The van der Waals surface area contributed by atoms with Crippen LogP contribution in [0.5, 0.6) is 0 Å². The van der Waals surface area contributed by atoms with Crippen molar-refractivity contribution in [1.29, 1.82) is 5.26 Å². The second-order valence-corrected chi connectivity index (χ2v) is 3.27. The molecule has 0 fully saturated rings. The van der Waals surface area contributed by atoms with Crippen LogP contribution in [0.1, 0.15) is 5.56 Å². The largest absolute Gasteiger partial charge is 0.465 e. The van der Waals surface area contributed by atoms with E-state index in [9.17, 15) is 9.59 Å². The first kappa shape index (κ1) is 12.5. The molecule has 0 spiro atoms. The van der Waals surface area contributed by atoms with Crippen molar-refractivity contribution in [3.05, 3.63) is 29.8 Å². The molecule has 0 radical (unpaired) electrons. The molecule has 17 heavy (non-hydrogen) atoms. The summed E-state index contributed by atoms with van der Waals surface area (Å²) in [7, 11) is 1.52. The zero-order valence-corrected chi connectivity index (χ0v) is 9.17. The Kier molecular flexibility index (Phi) is 4.06. The lowest BCUT2D eigenvalue weighted by atomic mass is 10.2. The lowest BCUT2D eigenvalue weighted by molar-refractivity contribution is -0.117. The van der Waals surface area contributed by atoms with Gasteiger partial charge in [0.05, 0.1) is 11.6 Å². The van der Waals surface area contributed by atoms with E-state index in [1.807, 2.05) is 11.4 Å². The van der Waals surface area contributed by atoms with Crippen molar-refractivity contribution in [3.8, 4) is 6.07 Å². The van der Waals surface area contributed by atoms with Crippen molar-refractivity contribution in [1.82, 2.24) is 5.32 Å². The van der Waals surface area contributed by atoms with Crippen molar-refractivity contribution < 1.29 is 14.7 Å². The summed E-state index contributed by atoms with van der Waals surface area (Å²) in [5.74, 6) is -0.400. The van der Waals surface area contributed by atoms with E-state index in [0.29, 0.717) is 11.3 Å². The summed E-state index contributed by atoms with van der Waals surface area (Å²) < 4.78 is 0. The van der Waals surface area contributed by atoms with Crippen LogP contribution >= 0.6 is 0 Å². The number of likely N-dealkylation sites (N-methyl/N-ethyl adjacent to an activating group) is 1. The SMILES string of the molecule is CN(C(=O)CNC(=O)O)c1cccc(C#N)c1. The van der Waals surface area contributed by atoms with Crippen LogP contribution in [0.4, 0.5) is 10.5 Å². The standard InChI is InChI=1S/C11H11N3O3/c1-14(10(15)7-13-11(16)17)9-4-2-3-8(5-9)6-12/h2-5,13H,7H2,1H3,(H,16,17). The van der Waals surface area contributed by atoms with Crippen LogP contribution in [-0.2, 0) is 4.79 Å². The molecule has 0 saturated heterocycles. The monoisotopic (exact) mass is 233 g/mol. The molecule has 0 heterocycles. The van der Waals surface area contributed by atoms with Crippen LogP contribution in [-0.4, -0.2) is 30.7 Å². The minimum Gasteiger partial charge on any atom is -0.465 e. The van der Waals surface area contributed by atoms with E-state index in [0.717, 1.165) is 0 Å². The summed E-state index contributed by atoms with van der Waals surface area (Å²) in [6.07, 6.45) is -1.25. The van der Waals surface area contributed by atoms with Gasteiger partial charge in [-0.2, -0.15) is 5.26 Å². The summed E-state index contributed by atoms with van der Waals surface area (Å²) in [4.78, 5) is 23.1. The summed E-state index contributed by atoms with van der Waals surface area (Å²) in [6, 6.07) is 8.46. The van der Waals surface area contributed by atoms with Gasteiger partial charge >= 0.3 is 6.09 Å². The van der Waals surface area contributed by atoms with Gasteiger partial charge in [-0.1, -0.05) is 6.07 Å². The van der Waals surface area contributed by atoms with E-state index in [2.05, 4.69) is 0 Å². The Hall–Kier alpha value is -2.55. The van der Waals surface area contributed by atoms with Gasteiger partial charge in [0.1, 0.15) is 6.54 Å². The Labute approximate surface area is 98.1 Å². The highest BCUT2D eigenvalue weighted by molar-refractivity contribution is 5.95. The van der Waals surface area contributed by atoms with Crippen LogP contribution < -0.4 is 10.2 Å². The maximum atomic E-state index is 11.6. The fourth-order valence-corrected chi connectivity index (χ4v) is 1.20. The molecular formula is C11H11N3O3. The molecule has 1 rings (SSSR count). The van der Waals surface area contributed by atoms with Crippen LogP contribution in [0.2, 0.25) is 0 Å². The zero-order valence-electron chi connectivity index (χ0n) is 9.17. The van der Waals surface area contributed by atoms with Gasteiger partial charge in [0.25, 0.3) is 0 Å². The van der Waals surface area contributed by atoms with E-state index in [4.69, 9.17) is 10.4 Å². The van der Waals surface area contributed by atoms with Crippen LogP contribution in [0.25, 0.3) is 0 Å². The topological polar surface area (TPSA) is 93.4 Å². The highest BCUT2D eigenvalue weighted by Crippen LogP contribution is 2.14. The zero-order chi connectivity index (χ0) is 12.8. The number of carbonyl (C=O) groups excluding carboxylic acids is 1. The molecule has 0 aliphatic heterocycles. The number of rotatable bonds is 3. The van der Waals surface area contributed by atoms with Crippen molar-refractivity contribution in [2.75, 3.05) is 18.5 Å². The van der Waals surface area contributed by atoms with E-state index in [1.54, 1.807) is 24.3 Å². The first-order chi connectivity index (χ1) is 8.04. The summed E-state index contributed by atoms with van der Waals surface area (Å²) in [5.41, 5.74) is 0.981. The van der Waals surface area contributed by atoms with Gasteiger partial charge in [-0.25, -0.2) is 4.79 Å². The first-order valence-electron chi connectivity index (χ1n) is 4.78. The lowest BCUT2D eigenvalue weighted by Crippen LogP contribution is -2.37. The molecule has 0 saturated carbocycles. The van der Waals surface area contributed by atoms with E-state index >= 15 is 0 Å². The number of nitriles is 1. The molecule has 2 N–H and O–H groups in total. The molecule has 88 valence electrons. The minimum absolute atomic E-state index is 0.303. The number of amides is 2. The van der Waals surface area contributed by atoms with Crippen molar-refractivity contribution in [2.45, 2.75) is 0 Å². The summed E-state index contributed by atoms with van der Waals surface area (Å²) >= 11 is 0. The van der Waals surface area contributed by atoms with Crippen LogP contribution in [0.3, 0.4) is 0 Å². The quantitative estimate of drug-likeness (QED) is 0.807. The maximum Gasteiger partial charge on any atom is 0.405 e. The molecule has 0 bridgehead atoms. The molecule has 0 aromatic heterocycles. The summed E-state index contributed by atoms with van der Waals surface area (Å²) in [5, 5.41) is 19.1. The molecule has 2 amide bonds. The Morgan fingerprint density at radius 3 is 2.82 bits per heavy atom. The highest BCUT2D eigenvalue weighted by Gasteiger charge is 2.11. The van der Waals surface area contributed by atoms with Crippen LogP contribution in [0.15, 0.2) is 24.3 Å². The first-order valence-corrected chi connectivity index (χ1v) is 4.78. The molecule has 1 aromatic rings. The third-order valence-corrected chi connectivity index (χ3v) is 2.13. The van der Waals surface area contributed by atoms with Crippen molar-refractivity contribution in [3.63, 3.8) is 0 Å². The number of carboxylic acid groups (broad SMARTS) is 1. The van der Waals surface area contributed by atoms with Gasteiger partial charge in [0.2, 0.25) is 5.91 Å². The maximum absolute atomic E-state index is 11.6. The minimum atomic E-state index is -1.25. The number of benzene rings is 1. The third-order valence-electron chi connectivity index (χ3n) is 2.13. The number of hydrogen-bond donors (Lipinski definition) is 2. The van der Waals surface area contributed by atoms with Gasteiger partial charge in [0.15, 0.2) is 0 Å². The lowest BCUT2D eigenvalue weighted by Gasteiger charge is -2.17. The number of carbonyl (C=O) groups is 2. The van der Waals surface area contributed by atoms with Gasteiger partial charge in [-0.05, 0) is 18.2 Å². The van der Waals surface area contributed by atoms with Gasteiger partial charge in [-0.15, -0.1) is 0 Å². The Morgan fingerprint density at radius 2 is 2.24 bits per heavy atom. The average Bonchev–Trinajstić information content (AvgIpc) is 2.35. The summed E-state index contributed by atoms with van der Waals surface area (Å²) in [6.45, 7) is -0.303. The van der Waals surface area contributed by atoms with E-state index < -0.39 is 12.0 Å². The highest BCUT2D eigenvalue weighted by atomic mass is 16.4. The molecule has 0 aliphatic rings. The number of nitrogens with one attached hydrogen (secondary N) is 1. The predicted molar refractivity (Wildman–Crippen MR) is 60.6 cm³/mol. The molecule has 6 heteroatoms. The van der Waals surface area contributed by atoms with Crippen molar-refractivity contribution in [2.24, 2.45) is 0 Å². The molecule has 1 aromatic carbocycles.